The van der Waals surface area contributed by atoms with Gasteiger partial charge in [-0.25, -0.2) is 0 Å². The molecule has 4 nitrogen and oxygen atoms in total. The number of thiocarbonyl (C=S) groups is 1. The summed E-state index contributed by atoms with van der Waals surface area (Å²) in [6.45, 7) is 0.505. The molecule has 26 heavy (non-hydrogen) atoms. The Morgan fingerprint density at radius 2 is 1.85 bits per heavy atom. The molecular weight excluding hydrogens is 479 g/mol. The fourth-order valence-corrected chi connectivity index (χ4v) is 3.51. The Bertz CT molecular complexity index is 961. The smallest absolute Gasteiger partial charge is 0.176 e. The lowest BCUT2D eigenvalue weighted by molar-refractivity contribution is 0.690. The molecule has 0 unspecified atom stereocenters. The number of hydrogen-bond donors (Lipinski definition) is 2. The summed E-state index contributed by atoms with van der Waals surface area (Å²) in [6.07, 6.45) is 1.84. The first-order valence-corrected chi connectivity index (χ1v) is 9.74. The predicted molar refractivity (Wildman–Crippen MR) is 117 cm³/mol. The van der Waals surface area contributed by atoms with Crippen LogP contribution in [-0.4, -0.2) is 14.9 Å². The third kappa shape index (κ3) is 5.11. The van der Waals surface area contributed by atoms with Crippen molar-refractivity contribution in [3.05, 3.63) is 73.8 Å². The van der Waals surface area contributed by atoms with E-state index in [0.717, 1.165) is 15.7 Å². The van der Waals surface area contributed by atoms with Crippen molar-refractivity contribution in [1.29, 1.82) is 0 Å². The van der Waals surface area contributed by atoms with E-state index < -0.39 is 0 Å². The first-order chi connectivity index (χ1) is 12.4. The quantitative estimate of drug-likeness (QED) is 0.412. The number of rotatable bonds is 4. The summed E-state index contributed by atoms with van der Waals surface area (Å²) in [6, 6.07) is 12.7. The molecule has 0 saturated carbocycles. The predicted octanol–water partition coefficient (Wildman–Crippen LogP) is 6.46. The van der Waals surface area contributed by atoms with Gasteiger partial charge in [0.25, 0.3) is 0 Å². The maximum Gasteiger partial charge on any atom is 0.176 e. The fraction of sp³-hybridized carbons (Fsp3) is 0.0588. The van der Waals surface area contributed by atoms with Crippen LogP contribution in [0.15, 0.2) is 53.1 Å². The minimum absolute atomic E-state index is 0.405. The third-order valence-electron chi connectivity index (χ3n) is 3.38. The Hall–Kier alpha value is -1.31. The SMILES string of the molecule is S=C(Nc1cccc(Cl)c1)Nc1nn(Cc2ccc(Cl)cc2Cl)cc1Br. The normalized spacial score (nSPS) is 10.6. The Balaban J connectivity index is 1.68. The topological polar surface area (TPSA) is 41.9 Å². The van der Waals surface area contributed by atoms with E-state index in [0.29, 0.717) is 32.5 Å². The van der Waals surface area contributed by atoms with E-state index in [1.807, 2.05) is 24.4 Å². The van der Waals surface area contributed by atoms with Crippen LogP contribution in [0.25, 0.3) is 0 Å². The van der Waals surface area contributed by atoms with Gasteiger partial charge >= 0.3 is 0 Å². The van der Waals surface area contributed by atoms with Crippen LogP contribution in [0.1, 0.15) is 5.56 Å². The summed E-state index contributed by atoms with van der Waals surface area (Å²) in [5, 5.41) is 12.8. The number of nitrogens with one attached hydrogen (secondary N) is 2. The molecule has 0 saturated heterocycles. The van der Waals surface area contributed by atoms with E-state index in [-0.39, 0.29) is 0 Å². The van der Waals surface area contributed by atoms with E-state index in [4.69, 9.17) is 47.0 Å². The van der Waals surface area contributed by atoms with E-state index in [1.165, 1.54) is 0 Å². The first kappa shape index (κ1) is 19.5. The molecule has 0 amide bonds. The third-order valence-corrected chi connectivity index (χ3v) is 4.99. The second kappa shape index (κ2) is 8.59. The molecule has 134 valence electrons. The van der Waals surface area contributed by atoms with E-state index in [1.54, 1.807) is 28.9 Å². The Morgan fingerprint density at radius 3 is 2.58 bits per heavy atom. The van der Waals surface area contributed by atoms with Crippen molar-refractivity contribution in [2.45, 2.75) is 6.54 Å². The van der Waals surface area contributed by atoms with Crippen LogP contribution in [0.4, 0.5) is 11.5 Å². The molecule has 2 aromatic carbocycles. The highest BCUT2D eigenvalue weighted by molar-refractivity contribution is 9.10. The zero-order chi connectivity index (χ0) is 18.7. The Kier molecular flexibility index (Phi) is 6.42. The summed E-state index contributed by atoms with van der Waals surface area (Å²) in [5.74, 6) is 0.592. The van der Waals surface area contributed by atoms with Gasteiger partial charge in [0.05, 0.1) is 11.0 Å². The van der Waals surface area contributed by atoms with Gasteiger partial charge in [-0.15, -0.1) is 0 Å². The largest absolute Gasteiger partial charge is 0.332 e. The number of benzene rings is 2. The minimum atomic E-state index is 0.405. The van der Waals surface area contributed by atoms with Crippen LogP contribution in [0, 0.1) is 0 Å². The van der Waals surface area contributed by atoms with Crippen molar-refractivity contribution in [1.82, 2.24) is 9.78 Å². The van der Waals surface area contributed by atoms with Crippen LogP contribution < -0.4 is 10.6 Å². The van der Waals surface area contributed by atoms with Crippen LogP contribution in [0.2, 0.25) is 15.1 Å². The highest BCUT2D eigenvalue weighted by Crippen LogP contribution is 2.25. The molecule has 0 fully saturated rings. The van der Waals surface area contributed by atoms with Crippen molar-refractivity contribution in [3.63, 3.8) is 0 Å². The van der Waals surface area contributed by atoms with Crippen molar-refractivity contribution in [2.75, 3.05) is 10.6 Å². The number of aromatic nitrogens is 2. The molecule has 9 heteroatoms. The maximum atomic E-state index is 6.22. The molecule has 0 aliphatic carbocycles. The van der Waals surface area contributed by atoms with Crippen molar-refractivity contribution in [2.24, 2.45) is 0 Å². The molecule has 1 heterocycles. The minimum Gasteiger partial charge on any atom is -0.332 e. The molecule has 0 bridgehead atoms. The van der Waals surface area contributed by atoms with Gasteiger partial charge < -0.3 is 10.6 Å². The highest BCUT2D eigenvalue weighted by Gasteiger charge is 2.10. The molecule has 0 spiro atoms. The molecule has 0 atom stereocenters. The molecule has 3 rings (SSSR count). The van der Waals surface area contributed by atoms with Gasteiger partial charge in [-0.3, -0.25) is 4.68 Å². The van der Waals surface area contributed by atoms with E-state index in [9.17, 15) is 0 Å². The molecule has 2 N–H and O–H groups in total. The maximum absolute atomic E-state index is 6.22. The molecular formula is C17H12BrCl3N4S. The summed E-state index contributed by atoms with van der Waals surface area (Å²) < 4.78 is 2.53. The monoisotopic (exact) mass is 488 g/mol. The number of nitrogens with zero attached hydrogens (tertiary/aromatic N) is 2. The van der Waals surface area contributed by atoms with Gasteiger partial charge in [-0.05, 0) is 64.0 Å². The lowest BCUT2D eigenvalue weighted by Gasteiger charge is -2.09. The number of hydrogen-bond acceptors (Lipinski definition) is 2. The average molecular weight is 491 g/mol. The standard InChI is InChI=1S/C17H12BrCl3N4S/c18-14-9-25(8-10-4-5-12(20)7-15(10)21)24-16(14)23-17(26)22-13-3-1-2-11(19)6-13/h1-7,9H,8H2,(H2,22,23,24,26). The molecule has 1 aromatic heterocycles. The molecule has 0 aliphatic rings. The zero-order valence-corrected chi connectivity index (χ0v) is 17.8. The highest BCUT2D eigenvalue weighted by atomic mass is 79.9. The van der Waals surface area contributed by atoms with E-state index >= 15 is 0 Å². The van der Waals surface area contributed by atoms with Gasteiger partial charge in [0, 0.05) is 27.0 Å². The lowest BCUT2D eigenvalue weighted by Crippen LogP contribution is -2.19. The summed E-state index contributed by atoms with van der Waals surface area (Å²) in [4.78, 5) is 0. The van der Waals surface area contributed by atoms with Crippen molar-refractivity contribution in [3.8, 4) is 0 Å². The Labute approximate surface area is 179 Å². The van der Waals surface area contributed by atoms with Crippen molar-refractivity contribution < 1.29 is 0 Å². The second-order valence-electron chi connectivity index (χ2n) is 5.35. The van der Waals surface area contributed by atoms with Crippen LogP contribution >= 0.6 is 63.0 Å². The zero-order valence-electron chi connectivity index (χ0n) is 13.1. The average Bonchev–Trinajstić information content (AvgIpc) is 2.89. The Morgan fingerprint density at radius 1 is 1.08 bits per heavy atom. The van der Waals surface area contributed by atoms with Gasteiger partial charge in [-0.1, -0.05) is 46.9 Å². The van der Waals surface area contributed by atoms with Gasteiger partial charge in [-0.2, -0.15) is 5.10 Å². The number of anilines is 2. The van der Waals surface area contributed by atoms with Crippen LogP contribution in [-0.2, 0) is 6.54 Å². The molecule has 0 aliphatic heterocycles. The first-order valence-electron chi connectivity index (χ1n) is 7.41. The van der Waals surface area contributed by atoms with Crippen LogP contribution in [0.3, 0.4) is 0 Å². The second-order valence-corrected chi connectivity index (χ2v) is 7.89. The van der Waals surface area contributed by atoms with Gasteiger partial charge in [0.1, 0.15) is 0 Å². The summed E-state index contributed by atoms with van der Waals surface area (Å²) >= 11 is 26.9. The summed E-state index contributed by atoms with van der Waals surface area (Å²) in [7, 11) is 0. The van der Waals surface area contributed by atoms with E-state index in [2.05, 4.69) is 31.7 Å². The summed E-state index contributed by atoms with van der Waals surface area (Å²) in [5.41, 5.74) is 1.70. The van der Waals surface area contributed by atoms with Gasteiger partial charge in [0.15, 0.2) is 10.9 Å². The lowest BCUT2D eigenvalue weighted by atomic mass is 10.2. The van der Waals surface area contributed by atoms with Crippen LogP contribution in [0.5, 0.6) is 0 Å². The fourth-order valence-electron chi connectivity index (χ4n) is 2.22. The molecule has 0 radical (unpaired) electrons. The van der Waals surface area contributed by atoms with Crippen molar-refractivity contribution >= 4 is 79.6 Å². The molecule has 3 aromatic rings. The number of halogens is 4. The van der Waals surface area contributed by atoms with Gasteiger partial charge in [0.2, 0.25) is 0 Å².